The molecule has 254 valence electrons. The van der Waals surface area contributed by atoms with Gasteiger partial charge in [0.1, 0.15) is 61.0 Å². The van der Waals surface area contributed by atoms with E-state index in [4.69, 9.17) is 41.9 Å². The maximum Gasteiger partial charge on any atom is 0.249 e. The summed E-state index contributed by atoms with van der Waals surface area (Å²) in [5.74, 6) is -0.807. The van der Waals surface area contributed by atoms with Gasteiger partial charge in [-0.3, -0.25) is 4.79 Å². The quantitative estimate of drug-likeness (QED) is 0.101. The lowest BCUT2D eigenvalue weighted by Crippen LogP contribution is -2.69. The fraction of sp³-hybridized carbons (Fsp3) is 0.952. The standard InChI is InChI=1S/C21H41N5O12.4ClH/c22-2-1-8(28)19(34)26-7-3-6(24)17(37-20-11(25)15(32)13(30)9(4-23)35-20)18(12(7)29)38-21-16(33)14(31)10(5-27)36-21;;;;/h6-18,20-21,27-33H,1-5,22-25H2,(H,26,34);4*1H/t6-,7+,8-,9+,10+,11+,12-,13+,14+,15+,16+,17+,18+,20+,21-;;;;/m0..../s1. The minimum absolute atomic E-state index is 0. The van der Waals surface area contributed by atoms with Crippen LogP contribution in [0, 0.1) is 0 Å². The van der Waals surface area contributed by atoms with Crippen LogP contribution >= 0.6 is 49.6 Å². The SMILES string of the molecule is Cl.Cl.Cl.Cl.NCC[C@H](O)C(=O)N[C@@H]1C[C@H](N)[C@@H](O[C@H]2O[C@H](CN)[C@@H](O)[C@H](O)[C@H]2N)[C@H](O[C@@H]2O[C@H](CO)[C@@H](O)[C@H]2O)[C@H]1O. The molecule has 3 fully saturated rings. The third kappa shape index (κ3) is 9.76. The van der Waals surface area contributed by atoms with E-state index in [1.807, 2.05) is 0 Å². The Labute approximate surface area is 267 Å². The number of hydrogen-bond donors (Lipinski definition) is 12. The highest BCUT2D eigenvalue weighted by atomic mass is 35.5. The van der Waals surface area contributed by atoms with Crippen LogP contribution in [-0.4, -0.2) is 153 Å². The molecule has 21 heteroatoms. The molecule has 17 nitrogen and oxygen atoms in total. The van der Waals surface area contributed by atoms with Crippen molar-refractivity contribution in [2.45, 2.75) is 105 Å². The van der Waals surface area contributed by atoms with Crippen LogP contribution < -0.4 is 28.3 Å². The molecular formula is C21H45Cl4N5O12. The van der Waals surface area contributed by atoms with Gasteiger partial charge in [0.05, 0.1) is 18.7 Å². The van der Waals surface area contributed by atoms with Crippen LogP contribution in [0.4, 0.5) is 0 Å². The predicted molar refractivity (Wildman–Crippen MR) is 154 cm³/mol. The molecule has 0 unspecified atom stereocenters. The number of carbonyl (C=O) groups excluding carboxylic acids is 1. The highest BCUT2D eigenvalue weighted by Gasteiger charge is 2.53. The van der Waals surface area contributed by atoms with E-state index in [1.54, 1.807) is 0 Å². The summed E-state index contributed by atoms with van der Waals surface area (Å²) in [7, 11) is 0. The van der Waals surface area contributed by atoms with Crippen LogP contribution in [0.3, 0.4) is 0 Å². The van der Waals surface area contributed by atoms with E-state index in [0.29, 0.717) is 0 Å². The first kappa shape index (κ1) is 44.2. The molecule has 1 aliphatic carbocycles. The van der Waals surface area contributed by atoms with Gasteiger partial charge in [0.2, 0.25) is 5.91 Å². The zero-order chi connectivity index (χ0) is 28.3. The maximum absolute atomic E-state index is 12.4. The Morgan fingerprint density at radius 2 is 1.38 bits per heavy atom. The van der Waals surface area contributed by atoms with Crippen LogP contribution in [0.15, 0.2) is 0 Å². The topological polar surface area (TPSA) is 312 Å². The second kappa shape index (κ2) is 19.5. The molecule has 0 aromatic carbocycles. The van der Waals surface area contributed by atoms with Gasteiger partial charge in [-0.1, -0.05) is 0 Å². The van der Waals surface area contributed by atoms with Crippen molar-refractivity contribution in [3.63, 3.8) is 0 Å². The number of aliphatic hydroxyl groups is 7. The predicted octanol–water partition coefficient (Wildman–Crippen LogP) is -6.10. The molecule has 16 N–H and O–H groups in total. The summed E-state index contributed by atoms with van der Waals surface area (Å²) in [6, 6.07) is -3.29. The molecule has 0 bridgehead atoms. The number of amides is 1. The zero-order valence-corrected chi connectivity index (χ0v) is 25.6. The first-order valence-corrected chi connectivity index (χ1v) is 12.5. The number of halogens is 4. The Hall–Kier alpha value is 0.0300. The highest BCUT2D eigenvalue weighted by Crippen LogP contribution is 2.32. The summed E-state index contributed by atoms with van der Waals surface area (Å²) in [6.45, 7) is -0.764. The smallest absolute Gasteiger partial charge is 0.249 e. The van der Waals surface area contributed by atoms with Gasteiger partial charge < -0.3 is 82.9 Å². The molecule has 2 aliphatic heterocycles. The second-order valence-corrected chi connectivity index (χ2v) is 9.84. The number of carbonyl (C=O) groups is 1. The van der Waals surface area contributed by atoms with Gasteiger partial charge in [-0.15, -0.1) is 49.6 Å². The zero-order valence-electron chi connectivity index (χ0n) is 22.3. The van der Waals surface area contributed by atoms with Crippen molar-refractivity contribution < 1.29 is 59.5 Å². The van der Waals surface area contributed by atoms with Crippen LogP contribution in [-0.2, 0) is 23.7 Å². The molecule has 3 aliphatic rings. The lowest BCUT2D eigenvalue weighted by molar-refractivity contribution is -0.307. The van der Waals surface area contributed by atoms with Crippen LogP contribution in [0.5, 0.6) is 0 Å². The molecule has 1 amide bonds. The average Bonchev–Trinajstić information content (AvgIpc) is 3.16. The van der Waals surface area contributed by atoms with Gasteiger partial charge in [0.15, 0.2) is 12.6 Å². The van der Waals surface area contributed by atoms with Gasteiger partial charge in [-0.2, -0.15) is 0 Å². The molecule has 42 heavy (non-hydrogen) atoms. The van der Waals surface area contributed by atoms with Crippen molar-refractivity contribution in [2.24, 2.45) is 22.9 Å². The van der Waals surface area contributed by atoms with E-state index in [9.17, 15) is 40.5 Å². The summed E-state index contributed by atoms with van der Waals surface area (Å²) >= 11 is 0. The first-order chi connectivity index (χ1) is 17.9. The van der Waals surface area contributed by atoms with E-state index < -0.39 is 104 Å². The summed E-state index contributed by atoms with van der Waals surface area (Å²) in [5, 5.41) is 74.0. The maximum atomic E-state index is 12.4. The fourth-order valence-electron chi connectivity index (χ4n) is 4.84. The third-order valence-corrected chi connectivity index (χ3v) is 7.15. The van der Waals surface area contributed by atoms with Crippen molar-refractivity contribution in [1.29, 1.82) is 0 Å². The molecule has 0 aromatic heterocycles. The first-order valence-electron chi connectivity index (χ1n) is 12.5. The average molecular weight is 701 g/mol. The minimum atomic E-state index is -1.62. The van der Waals surface area contributed by atoms with Crippen molar-refractivity contribution in [1.82, 2.24) is 5.32 Å². The van der Waals surface area contributed by atoms with Crippen molar-refractivity contribution in [2.75, 3.05) is 19.7 Å². The molecule has 1 saturated carbocycles. The van der Waals surface area contributed by atoms with Crippen LogP contribution in [0.25, 0.3) is 0 Å². The fourth-order valence-corrected chi connectivity index (χ4v) is 4.84. The number of rotatable bonds is 10. The third-order valence-electron chi connectivity index (χ3n) is 7.15. The minimum Gasteiger partial charge on any atom is -0.394 e. The summed E-state index contributed by atoms with van der Waals surface area (Å²) < 4.78 is 22.7. The summed E-state index contributed by atoms with van der Waals surface area (Å²) in [6.07, 6.45) is -16.9. The number of hydrogen-bond acceptors (Lipinski definition) is 16. The van der Waals surface area contributed by atoms with Gasteiger partial charge >= 0.3 is 0 Å². The molecular weight excluding hydrogens is 656 g/mol. The number of ether oxygens (including phenoxy) is 4. The number of nitrogens with two attached hydrogens (primary N) is 4. The Kier molecular flexibility index (Phi) is 20.5. The molecule has 0 aromatic rings. The second-order valence-electron chi connectivity index (χ2n) is 9.84. The summed E-state index contributed by atoms with van der Waals surface area (Å²) in [5.41, 5.74) is 23.3. The monoisotopic (exact) mass is 699 g/mol. The molecule has 2 saturated heterocycles. The van der Waals surface area contributed by atoms with Crippen LogP contribution in [0.2, 0.25) is 0 Å². The summed E-state index contributed by atoms with van der Waals surface area (Å²) in [4.78, 5) is 12.4. The van der Waals surface area contributed by atoms with E-state index in [-0.39, 0.29) is 75.6 Å². The van der Waals surface area contributed by atoms with Gasteiger partial charge in [0.25, 0.3) is 0 Å². The normalized spacial score (nSPS) is 42.2. The Bertz CT molecular complexity index is 789. The highest BCUT2D eigenvalue weighted by molar-refractivity contribution is 5.86. The van der Waals surface area contributed by atoms with Crippen molar-refractivity contribution >= 4 is 55.5 Å². The number of nitrogens with one attached hydrogen (secondary N) is 1. The Morgan fingerprint density at radius 3 is 1.90 bits per heavy atom. The molecule has 15 atom stereocenters. The molecule has 2 heterocycles. The van der Waals surface area contributed by atoms with Crippen molar-refractivity contribution in [3.05, 3.63) is 0 Å². The van der Waals surface area contributed by atoms with Gasteiger partial charge in [-0.25, -0.2) is 0 Å². The van der Waals surface area contributed by atoms with Gasteiger partial charge in [-0.05, 0) is 19.4 Å². The molecule has 0 spiro atoms. The van der Waals surface area contributed by atoms with Crippen LogP contribution in [0.1, 0.15) is 12.8 Å². The Balaban J connectivity index is 0. The van der Waals surface area contributed by atoms with E-state index in [2.05, 4.69) is 5.32 Å². The van der Waals surface area contributed by atoms with E-state index in [0.717, 1.165) is 0 Å². The lowest BCUT2D eigenvalue weighted by atomic mass is 9.83. The molecule has 0 radical (unpaired) electrons. The van der Waals surface area contributed by atoms with E-state index >= 15 is 0 Å². The van der Waals surface area contributed by atoms with E-state index in [1.165, 1.54) is 0 Å². The van der Waals surface area contributed by atoms with Gasteiger partial charge in [0, 0.05) is 12.6 Å². The van der Waals surface area contributed by atoms with Crippen molar-refractivity contribution in [3.8, 4) is 0 Å². The largest absolute Gasteiger partial charge is 0.394 e. The Morgan fingerprint density at radius 1 is 0.833 bits per heavy atom. The lowest BCUT2D eigenvalue weighted by Gasteiger charge is -2.48. The molecule has 3 rings (SSSR count). The number of aliphatic hydroxyl groups excluding tert-OH is 7.